The van der Waals surface area contributed by atoms with Crippen LogP contribution in [0.15, 0.2) is 42.5 Å². The van der Waals surface area contributed by atoms with E-state index >= 15 is 0 Å². The molecule has 0 unspecified atom stereocenters. The van der Waals surface area contributed by atoms with Crippen molar-refractivity contribution in [1.82, 2.24) is 16.2 Å². The van der Waals surface area contributed by atoms with Crippen LogP contribution in [0.1, 0.15) is 17.3 Å². The van der Waals surface area contributed by atoms with Gasteiger partial charge in [0.05, 0.1) is 6.61 Å². The fourth-order valence-corrected chi connectivity index (χ4v) is 2.32. The maximum Gasteiger partial charge on any atom is 0.269 e. The van der Waals surface area contributed by atoms with Gasteiger partial charge in [-0.25, -0.2) is 0 Å². The van der Waals surface area contributed by atoms with E-state index in [0.29, 0.717) is 17.3 Å². The molecule has 0 aliphatic carbocycles. The minimum absolute atomic E-state index is 0.0579. The van der Waals surface area contributed by atoms with Crippen LogP contribution in [0.3, 0.4) is 0 Å². The number of hydrogen-bond donors (Lipinski definition) is 3. The molecule has 0 saturated carbocycles. The molecule has 0 bridgehead atoms. The average Bonchev–Trinajstić information content (AvgIpc) is 2.52. The molecule has 5 nitrogen and oxygen atoms in total. The second-order valence-electron chi connectivity index (χ2n) is 4.97. The van der Waals surface area contributed by atoms with E-state index in [1.54, 1.807) is 13.2 Å². The summed E-state index contributed by atoms with van der Waals surface area (Å²) < 4.78 is 5.00. The molecule has 0 aromatic heterocycles. The summed E-state index contributed by atoms with van der Waals surface area (Å²) in [5.74, 6) is -0.241. The summed E-state index contributed by atoms with van der Waals surface area (Å²) in [6.45, 7) is 2.46. The molecule has 1 atom stereocenters. The van der Waals surface area contributed by atoms with Gasteiger partial charge in [-0.3, -0.25) is 15.6 Å². The predicted molar refractivity (Wildman–Crippen MR) is 91.6 cm³/mol. The normalized spacial score (nSPS) is 11.7. The molecule has 6 heteroatoms. The highest BCUT2D eigenvalue weighted by Crippen LogP contribution is 2.15. The molecule has 0 aliphatic rings. The number of nitrogens with one attached hydrogen (secondary N) is 3. The highest BCUT2D eigenvalue weighted by Gasteiger charge is 2.08. The predicted octanol–water partition coefficient (Wildman–Crippen LogP) is 1.98. The van der Waals surface area contributed by atoms with Gasteiger partial charge in [0.2, 0.25) is 0 Å². The van der Waals surface area contributed by atoms with Crippen LogP contribution in [0.5, 0.6) is 0 Å². The molecule has 0 radical (unpaired) electrons. The fraction of sp³-hybridized carbons (Fsp3) is 0.250. The topological polar surface area (TPSA) is 62.4 Å². The highest BCUT2D eigenvalue weighted by molar-refractivity contribution is 7.80. The second kappa shape index (κ2) is 7.72. The average molecular weight is 317 g/mol. The van der Waals surface area contributed by atoms with Crippen molar-refractivity contribution in [3.05, 3.63) is 48.0 Å². The zero-order valence-electron chi connectivity index (χ0n) is 12.6. The van der Waals surface area contributed by atoms with Gasteiger partial charge in [-0.2, -0.15) is 0 Å². The van der Waals surface area contributed by atoms with E-state index in [2.05, 4.69) is 16.2 Å². The summed E-state index contributed by atoms with van der Waals surface area (Å²) in [6.07, 6.45) is 0. The van der Waals surface area contributed by atoms with Crippen LogP contribution in [0, 0.1) is 0 Å². The smallest absolute Gasteiger partial charge is 0.269 e. The van der Waals surface area contributed by atoms with E-state index in [0.717, 1.165) is 10.8 Å². The lowest BCUT2D eigenvalue weighted by molar-refractivity contribution is 0.0943. The summed E-state index contributed by atoms with van der Waals surface area (Å²) in [4.78, 5) is 12.1. The summed E-state index contributed by atoms with van der Waals surface area (Å²) in [5, 5.41) is 5.46. The van der Waals surface area contributed by atoms with Crippen molar-refractivity contribution in [2.45, 2.75) is 13.0 Å². The second-order valence-corrected chi connectivity index (χ2v) is 5.38. The molecular formula is C16H19N3O2S. The Morgan fingerprint density at radius 2 is 1.91 bits per heavy atom. The standard InChI is InChI=1S/C16H19N3O2S/c1-11(10-21-2)17-16(22)19-18-15(20)14-8-7-12-5-3-4-6-13(12)9-14/h3-9,11H,10H2,1-2H3,(H,18,20)(H2,17,19,22)/t11-/m0/s1. The van der Waals surface area contributed by atoms with Crippen molar-refractivity contribution in [3.63, 3.8) is 0 Å². The summed E-state index contributed by atoms with van der Waals surface area (Å²) in [5.41, 5.74) is 5.83. The number of rotatable bonds is 4. The van der Waals surface area contributed by atoms with Gasteiger partial charge < -0.3 is 10.1 Å². The summed E-state index contributed by atoms with van der Waals surface area (Å²) in [7, 11) is 1.62. The number of hydrogen-bond acceptors (Lipinski definition) is 3. The number of methoxy groups -OCH3 is 1. The first-order valence-corrected chi connectivity index (χ1v) is 7.35. The van der Waals surface area contributed by atoms with Crippen molar-refractivity contribution in [2.24, 2.45) is 0 Å². The van der Waals surface area contributed by atoms with E-state index in [1.807, 2.05) is 43.3 Å². The van der Waals surface area contributed by atoms with Crippen molar-refractivity contribution < 1.29 is 9.53 Å². The summed E-state index contributed by atoms with van der Waals surface area (Å²) >= 11 is 5.10. The number of carbonyl (C=O) groups excluding carboxylic acids is 1. The van der Waals surface area contributed by atoms with Gasteiger partial charge in [-0.15, -0.1) is 0 Å². The Hall–Kier alpha value is -2.18. The van der Waals surface area contributed by atoms with Crippen LogP contribution in [-0.4, -0.2) is 30.8 Å². The summed E-state index contributed by atoms with van der Waals surface area (Å²) in [6, 6.07) is 13.5. The Morgan fingerprint density at radius 1 is 1.18 bits per heavy atom. The third-order valence-corrected chi connectivity index (χ3v) is 3.32. The molecule has 22 heavy (non-hydrogen) atoms. The van der Waals surface area contributed by atoms with E-state index < -0.39 is 0 Å². The zero-order valence-corrected chi connectivity index (χ0v) is 13.4. The molecule has 0 aliphatic heterocycles. The van der Waals surface area contributed by atoms with Gasteiger partial charge in [0.15, 0.2) is 5.11 Å². The minimum atomic E-state index is -0.241. The van der Waals surface area contributed by atoms with Crippen molar-refractivity contribution in [2.75, 3.05) is 13.7 Å². The van der Waals surface area contributed by atoms with Gasteiger partial charge in [0.25, 0.3) is 5.91 Å². The lowest BCUT2D eigenvalue weighted by atomic mass is 10.1. The fourth-order valence-electron chi connectivity index (χ4n) is 2.07. The van der Waals surface area contributed by atoms with Gasteiger partial charge in [-0.1, -0.05) is 30.3 Å². The number of carbonyl (C=O) groups is 1. The van der Waals surface area contributed by atoms with Crippen molar-refractivity contribution in [1.29, 1.82) is 0 Å². The van der Waals surface area contributed by atoms with E-state index in [1.165, 1.54) is 0 Å². The first-order valence-electron chi connectivity index (χ1n) is 6.94. The highest BCUT2D eigenvalue weighted by atomic mass is 32.1. The van der Waals surface area contributed by atoms with Gasteiger partial charge in [0, 0.05) is 18.7 Å². The van der Waals surface area contributed by atoms with Crippen LogP contribution in [0.25, 0.3) is 10.8 Å². The lowest BCUT2D eigenvalue weighted by Crippen LogP contribution is -2.49. The van der Waals surface area contributed by atoms with E-state index in [4.69, 9.17) is 17.0 Å². The molecule has 0 heterocycles. The van der Waals surface area contributed by atoms with E-state index in [-0.39, 0.29) is 11.9 Å². The Labute approximate surface area is 135 Å². The monoisotopic (exact) mass is 317 g/mol. The van der Waals surface area contributed by atoms with Gasteiger partial charge in [-0.05, 0) is 42.0 Å². The Kier molecular flexibility index (Phi) is 5.68. The number of thiocarbonyl (C=S) groups is 1. The molecule has 2 rings (SSSR count). The maximum absolute atomic E-state index is 12.1. The first-order chi connectivity index (χ1) is 10.6. The van der Waals surface area contributed by atoms with Crippen LogP contribution in [0.4, 0.5) is 0 Å². The number of ether oxygens (including phenoxy) is 1. The Bertz CT molecular complexity index is 675. The molecule has 3 N–H and O–H groups in total. The van der Waals surface area contributed by atoms with Crippen LogP contribution in [-0.2, 0) is 4.74 Å². The Balaban J connectivity index is 1.92. The first kappa shape index (κ1) is 16.2. The van der Waals surface area contributed by atoms with Crippen LogP contribution in [0.2, 0.25) is 0 Å². The SMILES string of the molecule is COC[C@H](C)NC(=S)NNC(=O)c1ccc2ccccc2c1. The zero-order chi connectivity index (χ0) is 15.9. The minimum Gasteiger partial charge on any atom is -0.383 e. The molecule has 0 spiro atoms. The molecule has 2 aromatic rings. The largest absolute Gasteiger partial charge is 0.383 e. The molecule has 1 amide bonds. The molecule has 2 aromatic carbocycles. The number of amides is 1. The number of benzene rings is 2. The van der Waals surface area contributed by atoms with Crippen molar-refractivity contribution in [3.8, 4) is 0 Å². The number of fused-ring (bicyclic) bond motifs is 1. The number of hydrazine groups is 1. The van der Waals surface area contributed by atoms with E-state index in [9.17, 15) is 4.79 Å². The molecular weight excluding hydrogens is 298 g/mol. The Morgan fingerprint density at radius 3 is 2.64 bits per heavy atom. The molecule has 116 valence electrons. The molecule has 0 fully saturated rings. The lowest BCUT2D eigenvalue weighted by Gasteiger charge is -2.16. The van der Waals surface area contributed by atoms with Crippen molar-refractivity contribution >= 4 is 34.0 Å². The van der Waals surface area contributed by atoms with Crippen LogP contribution < -0.4 is 16.2 Å². The molecule has 0 saturated heterocycles. The quantitative estimate of drug-likeness (QED) is 0.594. The van der Waals surface area contributed by atoms with Gasteiger partial charge in [0.1, 0.15) is 0 Å². The third-order valence-electron chi connectivity index (χ3n) is 3.10. The van der Waals surface area contributed by atoms with Gasteiger partial charge >= 0.3 is 0 Å². The van der Waals surface area contributed by atoms with Crippen LogP contribution >= 0.6 is 12.2 Å². The third kappa shape index (κ3) is 4.41. The maximum atomic E-state index is 12.1.